The van der Waals surface area contributed by atoms with Gasteiger partial charge in [-0.1, -0.05) is 13.0 Å². The van der Waals surface area contributed by atoms with Crippen LogP contribution in [-0.2, 0) is 14.8 Å². The van der Waals surface area contributed by atoms with E-state index < -0.39 is 10.0 Å². The second-order valence-electron chi connectivity index (χ2n) is 7.37. The summed E-state index contributed by atoms with van der Waals surface area (Å²) in [6.45, 7) is 8.07. The van der Waals surface area contributed by atoms with Gasteiger partial charge < -0.3 is 4.90 Å². The smallest absolute Gasteiger partial charge is 0.232 e. The molecule has 0 saturated carbocycles. The molecule has 1 aliphatic rings. The molecular weight excluding hydrogens is 336 g/mol. The van der Waals surface area contributed by atoms with Crippen LogP contribution in [-0.4, -0.2) is 45.1 Å². The molecule has 0 N–H and O–H groups in total. The maximum Gasteiger partial charge on any atom is 0.232 e. The third-order valence-electron chi connectivity index (χ3n) is 4.66. The molecule has 1 heterocycles. The van der Waals surface area contributed by atoms with E-state index in [0.717, 1.165) is 30.6 Å². The maximum absolute atomic E-state index is 12.4. The number of carbonyl (C=O) groups is 1. The highest BCUT2D eigenvalue weighted by atomic mass is 32.2. The first-order chi connectivity index (χ1) is 11.7. The molecule has 6 heteroatoms. The van der Waals surface area contributed by atoms with Gasteiger partial charge in [0.2, 0.25) is 15.9 Å². The summed E-state index contributed by atoms with van der Waals surface area (Å²) < 4.78 is 25.8. The molecule has 0 bridgehead atoms. The van der Waals surface area contributed by atoms with Crippen molar-refractivity contribution in [2.75, 3.05) is 30.2 Å². The number of carbonyl (C=O) groups excluding carboxylic acids is 1. The Balaban J connectivity index is 2.00. The van der Waals surface area contributed by atoms with Crippen molar-refractivity contribution in [1.29, 1.82) is 0 Å². The summed E-state index contributed by atoms with van der Waals surface area (Å²) in [5.74, 6) is 0.695. The fourth-order valence-electron chi connectivity index (χ4n) is 3.53. The lowest BCUT2D eigenvalue weighted by Crippen LogP contribution is -2.39. The lowest BCUT2D eigenvalue weighted by Gasteiger charge is -2.31. The van der Waals surface area contributed by atoms with E-state index in [4.69, 9.17) is 0 Å². The number of amides is 1. The fourth-order valence-corrected chi connectivity index (χ4v) is 4.48. The van der Waals surface area contributed by atoms with Gasteiger partial charge in [-0.3, -0.25) is 9.10 Å². The molecule has 2 rings (SSSR count). The Morgan fingerprint density at radius 3 is 2.44 bits per heavy atom. The molecule has 1 saturated heterocycles. The van der Waals surface area contributed by atoms with Crippen LogP contribution < -0.4 is 4.31 Å². The Labute approximate surface area is 152 Å². The van der Waals surface area contributed by atoms with E-state index in [1.165, 1.54) is 17.0 Å². The number of nitrogens with zero attached hydrogens (tertiary/aromatic N) is 2. The molecule has 0 unspecified atom stereocenters. The maximum atomic E-state index is 12.4. The number of piperidine rings is 1. The van der Waals surface area contributed by atoms with Gasteiger partial charge >= 0.3 is 0 Å². The molecule has 0 aliphatic carbocycles. The van der Waals surface area contributed by atoms with Crippen molar-refractivity contribution in [2.24, 2.45) is 5.92 Å². The molecular formula is C19H30N2O3S. The Morgan fingerprint density at radius 1 is 1.24 bits per heavy atom. The zero-order valence-corrected chi connectivity index (χ0v) is 16.6. The molecule has 1 aliphatic heterocycles. The topological polar surface area (TPSA) is 57.7 Å². The lowest BCUT2D eigenvalue weighted by atomic mass is 10.00. The van der Waals surface area contributed by atoms with E-state index in [-0.39, 0.29) is 5.91 Å². The van der Waals surface area contributed by atoms with Gasteiger partial charge in [0.15, 0.2) is 0 Å². The van der Waals surface area contributed by atoms with Crippen LogP contribution in [0.25, 0.3) is 0 Å². The summed E-state index contributed by atoms with van der Waals surface area (Å²) >= 11 is 0. The number of hydrogen-bond acceptors (Lipinski definition) is 3. The zero-order valence-electron chi connectivity index (χ0n) is 15.8. The molecule has 0 spiro atoms. The number of aryl methyl sites for hydroxylation is 2. The van der Waals surface area contributed by atoms with E-state index in [9.17, 15) is 13.2 Å². The molecule has 25 heavy (non-hydrogen) atoms. The van der Waals surface area contributed by atoms with E-state index in [1.807, 2.05) is 36.9 Å². The van der Waals surface area contributed by atoms with Crippen molar-refractivity contribution in [3.63, 3.8) is 0 Å². The molecule has 140 valence electrons. The van der Waals surface area contributed by atoms with Gasteiger partial charge in [-0.2, -0.15) is 0 Å². The van der Waals surface area contributed by atoms with Crippen LogP contribution in [0.2, 0.25) is 0 Å². The molecule has 1 amide bonds. The molecule has 5 nitrogen and oxygen atoms in total. The van der Waals surface area contributed by atoms with Gasteiger partial charge in [0, 0.05) is 26.1 Å². The van der Waals surface area contributed by atoms with Crippen molar-refractivity contribution in [3.05, 3.63) is 29.3 Å². The molecule has 1 aromatic carbocycles. The third kappa shape index (κ3) is 5.73. The summed E-state index contributed by atoms with van der Waals surface area (Å²) in [5, 5.41) is 0. The predicted molar refractivity (Wildman–Crippen MR) is 102 cm³/mol. The Bertz CT molecular complexity index is 695. The average molecular weight is 367 g/mol. The molecule has 1 atom stereocenters. The highest BCUT2D eigenvalue weighted by molar-refractivity contribution is 7.92. The van der Waals surface area contributed by atoms with Gasteiger partial charge in [-0.15, -0.1) is 0 Å². The summed E-state index contributed by atoms with van der Waals surface area (Å²) in [6, 6.07) is 5.77. The molecule has 0 aromatic heterocycles. The van der Waals surface area contributed by atoms with E-state index in [2.05, 4.69) is 6.92 Å². The minimum atomic E-state index is -3.37. The van der Waals surface area contributed by atoms with E-state index >= 15 is 0 Å². The standard InChI is InChI=1S/C19H30N2O3S/c1-15-7-5-9-20(14-15)19(22)8-6-10-21(25(4,23)24)18-12-16(2)11-17(3)13-18/h11-13,15H,5-10,14H2,1-4H3/t15-/m1/s1. The van der Waals surface area contributed by atoms with Crippen LogP contribution in [0.5, 0.6) is 0 Å². The predicted octanol–water partition coefficient (Wildman–Crippen LogP) is 3.11. The van der Waals surface area contributed by atoms with Crippen molar-refractivity contribution >= 4 is 21.6 Å². The number of rotatable bonds is 6. The summed E-state index contributed by atoms with van der Waals surface area (Å²) in [5.41, 5.74) is 2.74. The van der Waals surface area contributed by atoms with E-state index in [0.29, 0.717) is 31.0 Å². The van der Waals surface area contributed by atoms with Crippen molar-refractivity contribution in [1.82, 2.24) is 4.90 Å². The summed E-state index contributed by atoms with van der Waals surface area (Å²) in [7, 11) is -3.37. The highest BCUT2D eigenvalue weighted by Gasteiger charge is 2.22. The normalized spacial score (nSPS) is 18.2. The third-order valence-corrected chi connectivity index (χ3v) is 5.85. The number of sulfonamides is 1. The number of hydrogen-bond donors (Lipinski definition) is 0. The first-order valence-electron chi connectivity index (χ1n) is 9.00. The minimum absolute atomic E-state index is 0.139. The quantitative estimate of drug-likeness (QED) is 0.777. The van der Waals surface area contributed by atoms with Crippen LogP contribution >= 0.6 is 0 Å². The summed E-state index contributed by atoms with van der Waals surface area (Å²) in [4.78, 5) is 14.3. The Morgan fingerprint density at radius 2 is 1.88 bits per heavy atom. The number of benzene rings is 1. The summed E-state index contributed by atoms with van der Waals surface area (Å²) in [6.07, 6.45) is 4.38. The molecule has 1 fully saturated rings. The monoisotopic (exact) mass is 366 g/mol. The molecule has 0 radical (unpaired) electrons. The average Bonchev–Trinajstić information content (AvgIpc) is 2.49. The van der Waals surface area contributed by atoms with Crippen molar-refractivity contribution in [3.8, 4) is 0 Å². The zero-order chi connectivity index (χ0) is 18.6. The van der Waals surface area contributed by atoms with Crippen molar-refractivity contribution < 1.29 is 13.2 Å². The Hall–Kier alpha value is -1.56. The van der Waals surface area contributed by atoms with Crippen LogP contribution in [0.1, 0.15) is 43.7 Å². The first kappa shape index (κ1) is 19.8. The largest absolute Gasteiger partial charge is 0.342 e. The van der Waals surface area contributed by atoms with E-state index in [1.54, 1.807) is 0 Å². The van der Waals surface area contributed by atoms with Crippen LogP contribution in [0.15, 0.2) is 18.2 Å². The first-order valence-corrected chi connectivity index (χ1v) is 10.9. The lowest BCUT2D eigenvalue weighted by molar-refractivity contribution is -0.132. The number of anilines is 1. The highest BCUT2D eigenvalue weighted by Crippen LogP contribution is 2.22. The van der Waals surface area contributed by atoms with Gasteiger partial charge in [0.1, 0.15) is 0 Å². The molecule has 1 aromatic rings. The Kier molecular flexibility index (Phi) is 6.49. The van der Waals surface area contributed by atoms with Crippen LogP contribution in [0.3, 0.4) is 0 Å². The van der Waals surface area contributed by atoms with Gasteiger partial charge in [-0.05, 0) is 62.3 Å². The van der Waals surface area contributed by atoms with Crippen molar-refractivity contribution in [2.45, 2.75) is 46.5 Å². The van der Waals surface area contributed by atoms with Gasteiger partial charge in [-0.25, -0.2) is 8.42 Å². The number of likely N-dealkylation sites (tertiary alicyclic amines) is 1. The SMILES string of the molecule is Cc1cc(C)cc(N(CCCC(=O)N2CCC[C@@H](C)C2)S(C)(=O)=O)c1. The van der Waals surface area contributed by atoms with Crippen LogP contribution in [0, 0.1) is 19.8 Å². The van der Waals surface area contributed by atoms with Crippen LogP contribution in [0.4, 0.5) is 5.69 Å². The van der Waals surface area contributed by atoms with Gasteiger partial charge in [0.05, 0.1) is 11.9 Å². The second kappa shape index (κ2) is 8.21. The minimum Gasteiger partial charge on any atom is -0.342 e. The van der Waals surface area contributed by atoms with Gasteiger partial charge in [0.25, 0.3) is 0 Å². The fraction of sp³-hybridized carbons (Fsp3) is 0.632. The second-order valence-corrected chi connectivity index (χ2v) is 9.28.